The van der Waals surface area contributed by atoms with E-state index in [9.17, 15) is 0 Å². The van der Waals surface area contributed by atoms with E-state index in [0.717, 1.165) is 16.3 Å². The molecule has 0 spiro atoms. The van der Waals surface area contributed by atoms with Crippen molar-refractivity contribution >= 4 is 11.8 Å². The second-order valence-corrected chi connectivity index (χ2v) is 4.18. The highest BCUT2D eigenvalue weighted by molar-refractivity contribution is 7.99. The number of hydrogen-bond acceptors (Lipinski definition) is 5. The maximum Gasteiger partial charge on any atom is 0.261 e. The van der Waals surface area contributed by atoms with Gasteiger partial charge < -0.3 is 4.42 Å². The largest absolute Gasteiger partial charge is 0.436 e. The molecule has 0 radical (unpaired) electrons. The Balaban J connectivity index is 2.31. The Morgan fingerprint density at radius 1 is 1.44 bits per heavy atom. The minimum atomic E-state index is 0.390. The van der Waals surface area contributed by atoms with Gasteiger partial charge in [0, 0.05) is 6.20 Å². The minimum Gasteiger partial charge on any atom is -0.436 e. The van der Waals surface area contributed by atoms with Gasteiger partial charge in [-0.15, -0.1) is 0 Å². The van der Waals surface area contributed by atoms with E-state index in [1.54, 1.807) is 12.3 Å². The molecule has 0 saturated carbocycles. The van der Waals surface area contributed by atoms with Gasteiger partial charge in [0.1, 0.15) is 11.8 Å². The predicted molar refractivity (Wildman–Crippen MR) is 59.1 cm³/mol. The Labute approximate surface area is 97.3 Å². The van der Waals surface area contributed by atoms with Gasteiger partial charge in [0.2, 0.25) is 0 Å². The smallest absolute Gasteiger partial charge is 0.261 e. The lowest BCUT2D eigenvalue weighted by Gasteiger charge is -1.97. The van der Waals surface area contributed by atoms with Crippen molar-refractivity contribution in [3.63, 3.8) is 0 Å². The van der Waals surface area contributed by atoms with Crippen molar-refractivity contribution < 1.29 is 4.42 Å². The summed E-state index contributed by atoms with van der Waals surface area (Å²) in [7, 11) is 0. The summed E-state index contributed by atoms with van der Waals surface area (Å²) in [6.45, 7) is 3.75. The van der Waals surface area contributed by atoms with Crippen LogP contribution in [0.1, 0.15) is 17.1 Å². The number of oxazole rings is 1. The molecule has 2 aromatic rings. The van der Waals surface area contributed by atoms with E-state index in [4.69, 9.17) is 9.68 Å². The van der Waals surface area contributed by atoms with E-state index < -0.39 is 0 Å². The zero-order chi connectivity index (χ0) is 11.5. The summed E-state index contributed by atoms with van der Waals surface area (Å²) in [5, 5.41) is 9.42. The van der Waals surface area contributed by atoms with E-state index in [0.29, 0.717) is 10.9 Å². The number of rotatable bonds is 2. The second-order valence-electron chi connectivity index (χ2n) is 3.19. The third kappa shape index (κ3) is 2.07. The van der Waals surface area contributed by atoms with E-state index in [-0.39, 0.29) is 0 Å². The number of nitrogens with zero attached hydrogens (tertiary/aromatic N) is 3. The van der Waals surface area contributed by atoms with Gasteiger partial charge in [-0.3, -0.25) is 0 Å². The summed E-state index contributed by atoms with van der Waals surface area (Å²) in [5.74, 6) is 0.796. The fourth-order valence-corrected chi connectivity index (χ4v) is 2.02. The Morgan fingerprint density at radius 3 is 2.88 bits per heavy atom. The number of hydrogen-bond donors (Lipinski definition) is 0. The average Bonchev–Trinajstić information content (AvgIpc) is 2.59. The average molecular weight is 231 g/mol. The second kappa shape index (κ2) is 4.37. The molecule has 0 aliphatic rings. The molecule has 80 valence electrons. The molecule has 0 amide bonds. The van der Waals surface area contributed by atoms with Gasteiger partial charge >= 0.3 is 0 Å². The first kappa shape index (κ1) is 10.7. The third-order valence-electron chi connectivity index (χ3n) is 2.08. The Kier molecular flexibility index (Phi) is 2.93. The predicted octanol–water partition coefficient (Wildman–Crippen LogP) is 2.71. The van der Waals surface area contributed by atoms with Gasteiger partial charge in [-0.1, -0.05) is 0 Å². The van der Waals surface area contributed by atoms with Crippen molar-refractivity contribution in [2.45, 2.75) is 24.0 Å². The lowest BCUT2D eigenvalue weighted by Crippen LogP contribution is -1.85. The van der Waals surface area contributed by atoms with Gasteiger partial charge in [-0.2, -0.15) is 5.26 Å². The van der Waals surface area contributed by atoms with E-state index in [1.165, 1.54) is 11.8 Å². The molecule has 2 heterocycles. The molecule has 0 fully saturated rings. The molecule has 0 bridgehead atoms. The monoisotopic (exact) mass is 231 g/mol. The molecule has 4 nitrogen and oxygen atoms in total. The standard InChI is InChI=1S/C11H9N3OS/c1-7-8(2)15-11(14-7)16-10-4-3-5-13-9(10)6-12/h3-5H,1-2H3. The quantitative estimate of drug-likeness (QED) is 0.795. The van der Waals surface area contributed by atoms with E-state index in [1.807, 2.05) is 26.0 Å². The van der Waals surface area contributed by atoms with Crippen LogP contribution < -0.4 is 0 Å². The van der Waals surface area contributed by atoms with E-state index in [2.05, 4.69) is 9.97 Å². The van der Waals surface area contributed by atoms with Crippen LogP contribution in [0.2, 0.25) is 0 Å². The molecule has 5 heteroatoms. The molecular weight excluding hydrogens is 222 g/mol. The maximum atomic E-state index is 8.88. The molecule has 0 N–H and O–H groups in total. The topological polar surface area (TPSA) is 62.7 Å². The maximum absolute atomic E-state index is 8.88. The summed E-state index contributed by atoms with van der Waals surface area (Å²) in [6, 6.07) is 5.64. The zero-order valence-electron chi connectivity index (χ0n) is 8.89. The number of aryl methyl sites for hydroxylation is 2. The molecule has 2 aromatic heterocycles. The first-order valence-corrected chi connectivity index (χ1v) is 5.49. The molecule has 0 unspecified atom stereocenters. The van der Waals surface area contributed by atoms with Crippen molar-refractivity contribution in [2.24, 2.45) is 0 Å². The summed E-state index contributed by atoms with van der Waals surface area (Å²) in [6.07, 6.45) is 1.59. The van der Waals surface area contributed by atoms with Gasteiger partial charge in [-0.25, -0.2) is 9.97 Å². The van der Waals surface area contributed by atoms with Crippen LogP contribution in [0.5, 0.6) is 0 Å². The summed E-state index contributed by atoms with van der Waals surface area (Å²) < 4.78 is 5.43. The summed E-state index contributed by atoms with van der Waals surface area (Å²) in [5.41, 5.74) is 1.26. The highest BCUT2D eigenvalue weighted by atomic mass is 32.2. The van der Waals surface area contributed by atoms with Crippen LogP contribution in [0.15, 0.2) is 32.9 Å². The van der Waals surface area contributed by atoms with Gasteiger partial charge in [0.05, 0.1) is 10.6 Å². The fourth-order valence-electron chi connectivity index (χ4n) is 1.14. The van der Waals surface area contributed by atoms with Crippen LogP contribution in [-0.2, 0) is 0 Å². The van der Waals surface area contributed by atoms with Crippen LogP contribution in [0.4, 0.5) is 0 Å². The molecule has 0 aliphatic carbocycles. The molecule has 0 aromatic carbocycles. The van der Waals surface area contributed by atoms with Crippen molar-refractivity contribution in [3.8, 4) is 6.07 Å². The minimum absolute atomic E-state index is 0.390. The molecule has 0 atom stereocenters. The first-order chi connectivity index (χ1) is 7.70. The zero-order valence-corrected chi connectivity index (χ0v) is 9.71. The highest BCUT2D eigenvalue weighted by Crippen LogP contribution is 2.29. The number of nitriles is 1. The van der Waals surface area contributed by atoms with Crippen molar-refractivity contribution in [1.82, 2.24) is 9.97 Å². The first-order valence-electron chi connectivity index (χ1n) is 4.67. The van der Waals surface area contributed by atoms with Crippen LogP contribution >= 0.6 is 11.8 Å². The van der Waals surface area contributed by atoms with Crippen molar-refractivity contribution in [2.75, 3.05) is 0 Å². The SMILES string of the molecule is Cc1nc(Sc2cccnc2C#N)oc1C. The highest BCUT2D eigenvalue weighted by Gasteiger charge is 2.10. The summed E-state index contributed by atoms with van der Waals surface area (Å²) >= 11 is 1.31. The number of pyridine rings is 1. The summed E-state index contributed by atoms with van der Waals surface area (Å²) in [4.78, 5) is 8.97. The van der Waals surface area contributed by atoms with Gasteiger partial charge in [0.25, 0.3) is 5.22 Å². The van der Waals surface area contributed by atoms with Crippen LogP contribution in [0.25, 0.3) is 0 Å². The Hall–Kier alpha value is -1.80. The Bertz CT molecular complexity index is 537. The van der Waals surface area contributed by atoms with Crippen LogP contribution in [0, 0.1) is 25.2 Å². The molecule has 0 aliphatic heterocycles. The lowest BCUT2D eigenvalue weighted by molar-refractivity contribution is 0.431. The lowest BCUT2D eigenvalue weighted by atomic mass is 10.4. The van der Waals surface area contributed by atoms with Crippen LogP contribution in [0.3, 0.4) is 0 Å². The Morgan fingerprint density at radius 2 is 2.25 bits per heavy atom. The molecule has 2 rings (SSSR count). The molecule has 16 heavy (non-hydrogen) atoms. The van der Waals surface area contributed by atoms with E-state index >= 15 is 0 Å². The molecule has 0 saturated heterocycles. The van der Waals surface area contributed by atoms with Crippen LogP contribution in [-0.4, -0.2) is 9.97 Å². The van der Waals surface area contributed by atoms with Crippen molar-refractivity contribution in [1.29, 1.82) is 5.26 Å². The van der Waals surface area contributed by atoms with Gasteiger partial charge in [-0.05, 0) is 37.7 Å². The van der Waals surface area contributed by atoms with Gasteiger partial charge in [0.15, 0.2) is 5.69 Å². The third-order valence-corrected chi connectivity index (χ3v) is 2.98. The number of aromatic nitrogens is 2. The fraction of sp³-hybridized carbons (Fsp3) is 0.182. The molecular formula is C11H9N3OS. The normalized spacial score (nSPS) is 10.1. The van der Waals surface area contributed by atoms with Crippen molar-refractivity contribution in [3.05, 3.63) is 35.5 Å².